The lowest BCUT2D eigenvalue weighted by molar-refractivity contribution is 0.0902. The molecule has 1 saturated heterocycles. The van der Waals surface area contributed by atoms with Crippen molar-refractivity contribution in [3.63, 3.8) is 0 Å². The van der Waals surface area contributed by atoms with Crippen LogP contribution in [-0.4, -0.2) is 19.3 Å². The summed E-state index contributed by atoms with van der Waals surface area (Å²) in [7, 11) is 0. The third-order valence-corrected chi connectivity index (χ3v) is 3.80. The predicted octanol–water partition coefficient (Wildman–Crippen LogP) is 4.14. The minimum Gasteiger partial charge on any atom is -0.492 e. The van der Waals surface area contributed by atoms with Crippen LogP contribution >= 0.6 is 27.5 Å². The second-order valence-electron chi connectivity index (χ2n) is 4.17. The number of halogens is 2. The van der Waals surface area contributed by atoms with Crippen molar-refractivity contribution >= 4 is 27.5 Å². The van der Waals surface area contributed by atoms with Gasteiger partial charge in [-0.2, -0.15) is 0 Å². The average Bonchev–Trinajstić information content (AvgIpc) is 2.84. The highest BCUT2D eigenvalue weighted by Gasteiger charge is 2.15. The van der Waals surface area contributed by atoms with Crippen molar-refractivity contribution in [2.24, 2.45) is 0 Å². The zero-order valence-corrected chi connectivity index (χ0v) is 12.0. The Morgan fingerprint density at radius 2 is 2.35 bits per heavy atom. The fourth-order valence-electron chi connectivity index (χ4n) is 1.92. The van der Waals surface area contributed by atoms with E-state index in [0.717, 1.165) is 35.2 Å². The number of alkyl halides is 1. The van der Waals surface area contributed by atoms with E-state index in [1.807, 2.05) is 18.2 Å². The fraction of sp³-hybridized carbons (Fsp3) is 0.538. The summed E-state index contributed by atoms with van der Waals surface area (Å²) in [5.74, 6) is 1.39. The van der Waals surface area contributed by atoms with Gasteiger partial charge >= 0.3 is 0 Å². The quantitative estimate of drug-likeness (QED) is 0.760. The molecule has 0 amide bonds. The van der Waals surface area contributed by atoms with Gasteiger partial charge in [-0.25, -0.2) is 0 Å². The maximum atomic E-state index is 5.76. The molecule has 1 heterocycles. The summed E-state index contributed by atoms with van der Waals surface area (Å²) >= 11 is 9.25. The topological polar surface area (TPSA) is 18.5 Å². The van der Waals surface area contributed by atoms with Gasteiger partial charge in [-0.15, -0.1) is 11.6 Å². The SMILES string of the molecule is ClCc1ccc(OCCC2CCCO2)c(Br)c1. The first kappa shape index (κ1) is 13.2. The molecular formula is C13H16BrClO2. The van der Waals surface area contributed by atoms with E-state index in [1.54, 1.807) is 0 Å². The van der Waals surface area contributed by atoms with Crippen LogP contribution in [0.3, 0.4) is 0 Å². The molecule has 0 N–H and O–H groups in total. The molecule has 1 aromatic carbocycles. The second-order valence-corrected chi connectivity index (χ2v) is 5.29. The van der Waals surface area contributed by atoms with Gasteiger partial charge in [-0.05, 0) is 46.5 Å². The van der Waals surface area contributed by atoms with Gasteiger partial charge < -0.3 is 9.47 Å². The largest absolute Gasteiger partial charge is 0.492 e. The minimum atomic E-state index is 0.385. The van der Waals surface area contributed by atoms with Crippen LogP contribution in [0.2, 0.25) is 0 Å². The monoisotopic (exact) mass is 318 g/mol. The van der Waals surface area contributed by atoms with Crippen LogP contribution in [0.4, 0.5) is 0 Å². The fourth-order valence-corrected chi connectivity index (χ4v) is 2.62. The zero-order valence-electron chi connectivity index (χ0n) is 9.62. The van der Waals surface area contributed by atoms with E-state index in [2.05, 4.69) is 15.9 Å². The van der Waals surface area contributed by atoms with Crippen molar-refractivity contribution < 1.29 is 9.47 Å². The molecule has 94 valence electrons. The summed E-state index contributed by atoms with van der Waals surface area (Å²) in [5, 5.41) is 0. The molecule has 1 aromatic rings. The summed E-state index contributed by atoms with van der Waals surface area (Å²) in [6.45, 7) is 1.60. The lowest BCUT2D eigenvalue weighted by Crippen LogP contribution is -2.10. The highest BCUT2D eigenvalue weighted by molar-refractivity contribution is 9.10. The molecule has 1 aliphatic rings. The van der Waals surface area contributed by atoms with E-state index in [1.165, 1.54) is 6.42 Å². The Morgan fingerprint density at radius 3 is 3.00 bits per heavy atom. The molecule has 0 aromatic heterocycles. The number of rotatable bonds is 5. The molecule has 1 atom stereocenters. The van der Waals surface area contributed by atoms with Crippen molar-refractivity contribution in [1.29, 1.82) is 0 Å². The van der Waals surface area contributed by atoms with Gasteiger partial charge in [0, 0.05) is 18.9 Å². The molecule has 0 bridgehead atoms. The van der Waals surface area contributed by atoms with Gasteiger partial charge in [-0.1, -0.05) is 6.07 Å². The van der Waals surface area contributed by atoms with Crippen molar-refractivity contribution in [3.05, 3.63) is 28.2 Å². The van der Waals surface area contributed by atoms with Crippen LogP contribution < -0.4 is 4.74 Å². The summed E-state index contributed by atoms with van der Waals surface area (Å²) in [5.41, 5.74) is 1.09. The molecule has 1 fully saturated rings. The van der Waals surface area contributed by atoms with Crippen molar-refractivity contribution in [2.45, 2.75) is 31.2 Å². The van der Waals surface area contributed by atoms with Crippen LogP contribution in [0.1, 0.15) is 24.8 Å². The molecule has 2 nitrogen and oxygen atoms in total. The first-order valence-corrected chi connectivity index (χ1v) is 7.21. The van der Waals surface area contributed by atoms with E-state index < -0.39 is 0 Å². The zero-order chi connectivity index (χ0) is 12.1. The molecule has 17 heavy (non-hydrogen) atoms. The molecular weight excluding hydrogens is 303 g/mol. The number of ether oxygens (including phenoxy) is 2. The summed E-state index contributed by atoms with van der Waals surface area (Å²) in [6, 6.07) is 5.94. The summed E-state index contributed by atoms with van der Waals surface area (Å²) in [6.07, 6.45) is 3.69. The van der Waals surface area contributed by atoms with Crippen LogP contribution in [0.25, 0.3) is 0 Å². The van der Waals surface area contributed by atoms with Crippen molar-refractivity contribution in [1.82, 2.24) is 0 Å². The Labute approximate surface area is 115 Å². The van der Waals surface area contributed by atoms with Crippen molar-refractivity contribution in [2.75, 3.05) is 13.2 Å². The molecule has 2 rings (SSSR count). The van der Waals surface area contributed by atoms with Gasteiger partial charge in [0.25, 0.3) is 0 Å². The standard InChI is InChI=1S/C13H16BrClO2/c14-12-8-10(9-15)3-4-13(12)17-7-5-11-2-1-6-16-11/h3-4,8,11H,1-2,5-7,9H2. The van der Waals surface area contributed by atoms with E-state index in [9.17, 15) is 0 Å². The summed E-state index contributed by atoms with van der Waals surface area (Å²) < 4.78 is 12.2. The lowest BCUT2D eigenvalue weighted by atomic mass is 10.2. The number of hydrogen-bond donors (Lipinski definition) is 0. The van der Waals surface area contributed by atoms with Gasteiger partial charge in [0.05, 0.1) is 17.2 Å². The Kier molecular flexibility index (Phi) is 5.14. The van der Waals surface area contributed by atoms with Crippen LogP contribution in [0, 0.1) is 0 Å². The molecule has 0 radical (unpaired) electrons. The first-order chi connectivity index (χ1) is 8.29. The molecule has 4 heteroatoms. The highest BCUT2D eigenvalue weighted by atomic mass is 79.9. The van der Waals surface area contributed by atoms with E-state index in [0.29, 0.717) is 18.6 Å². The Morgan fingerprint density at radius 1 is 1.47 bits per heavy atom. The minimum absolute atomic E-state index is 0.385. The van der Waals surface area contributed by atoms with Crippen LogP contribution in [0.5, 0.6) is 5.75 Å². The first-order valence-electron chi connectivity index (χ1n) is 5.88. The van der Waals surface area contributed by atoms with Gasteiger partial charge in [-0.3, -0.25) is 0 Å². The molecule has 0 spiro atoms. The smallest absolute Gasteiger partial charge is 0.133 e. The van der Waals surface area contributed by atoms with Gasteiger partial charge in [0.1, 0.15) is 5.75 Å². The van der Waals surface area contributed by atoms with Gasteiger partial charge in [0.15, 0.2) is 0 Å². The Hall–Kier alpha value is -0.250. The third-order valence-electron chi connectivity index (χ3n) is 2.87. The van der Waals surface area contributed by atoms with Crippen LogP contribution in [0.15, 0.2) is 22.7 Å². The Bertz CT molecular complexity index is 364. The van der Waals surface area contributed by atoms with E-state index in [-0.39, 0.29) is 0 Å². The lowest BCUT2D eigenvalue weighted by Gasteiger charge is -2.12. The maximum absolute atomic E-state index is 5.76. The number of hydrogen-bond acceptors (Lipinski definition) is 2. The molecule has 0 aliphatic carbocycles. The van der Waals surface area contributed by atoms with Crippen molar-refractivity contribution in [3.8, 4) is 5.75 Å². The highest BCUT2D eigenvalue weighted by Crippen LogP contribution is 2.27. The Balaban J connectivity index is 1.81. The molecule has 1 aliphatic heterocycles. The van der Waals surface area contributed by atoms with Crippen LogP contribution in [-0.2, 0) is 10.6 Å². The normalized spacial score (nSPS) is 19.5. The predicted molar refractivity (Wildman–Crippen MR) is 72.8 cm³/mol. The van der Waals surface area contributed by atoms with E-state index in [4.69, 9.17) is 21.1 Å². The summed E-state index contributed by atoms with van der Waals surface area (Å²) in [4.78, 5) is 0. The van der Waals surface area contributed by atoms with E-state index >= 15 is 0 Å². The maximum Gasteiger partial charge on any atom is 0.133 e. The second kappa shape index (κ2) is 6.62. The average molecular weight is 320 g/mol. The third kappa shape index (κ3) is 3.87. The number of benzene rings is 1. The molecule has 0 saturated carbocycles. The van der Waals surface area contributed by atoms with Gasteiger partial charge in [0.2, 0.25) is 0 Å². The molecule has 1 unspecified atom stereocenters.